The first-order chi connectivity index (χ1) is 16.8. The molecular formula is C27H54O8. The fraction of sp³-hybridized carbons (Fsp3) is 0.963. The third-order valence-electron chi connectivity index (χ3n) is 5.80. The molecule has 0 aliphatic rings. The molecule has 0 aromatic rings. The number of aliphatic hydroxyl groups is 4. The topological polar surface area (TPSA) is 126 Å². The fourth-order valence-corrected chi connectivity index (χ4v) is 3.68. The van der Waals surface area contributed by atoms with Gasteiger partial charge in [0.2, 0.25) is 0 Å². The van der Waals surface area contributed by atoms with Crippen molar-refractivity contribution in [3.8, 4) is 0 Å². The average molecular weight is 507 g/mol. The van der Waals surface area contributed by atoms with Gasteiger partial charge in [0.1, 0.15) is 24.9 Å². The van der Waals surface area contributed by atoms with Crippen LogP contribution in [0.4, 0.5) is 0 Å². The molecule has 4 N–H and O–H groups in total. The number of hydrogen-bond donors (Lipinski definition) is 4. The van der Waals surface area contributed by atoms with Crippen LogP contribution in [0.2, 0.25) is 0 Å². The molecule has 0 saturated carbocycles. The summed E-state index contributed by atoms with van der Waals surface area (Å²) in [5.74, 6) is 0.521. The summed E-state index contributed by atoms with van der Waals surface area (Å²) in [6, 6.07) is 0. The molecule has 0 bridgehead atoms. The van der Waals surface area contributed by atoms with Gasteiger partial charge in [-0.05, 0) is 12.3 Å². The number of unbranched alkanes of at least 4 members (excludes halogenated alkanes) is 11. The van der Waals surface area contributed by atoms with Gasteiger partial charge in [0.15, 0.2) is 0 Å². The Morgan fingerprint density at radius 2 is 1.00 bits per heavy atom. The molecular weight excluding hydrogens is 452 g/mol. The van der Waals surface area contributed by atoms with Crippen molar-refractivity contribution in [3.05, 3.63) is 0 Å². The molecule has 3 unspecified atom stereocenters. The van der Waals surface area contributed by atoms with Gasteiger partial charge in [0.25, 0.3) is 0 Å². The molecule has 0 aliphatic heterocycles. The summed E-state index contributed by atoms with van der Waals surface area (Å²) in [4.78, 5) is 11.8. The lowest BCUT2D eigenvalue weighted by Gasteiger charge is -2.15. The molecule has 0 saturated heterocycles. The second kappa shape index (κ2) is 24.9. The molecule has 8 nitrogen and oxygen atoms in total. The highest BCUT2D eigenvalue weighted by Gasteiger charge is 2.12. The Morgan fingerprint density at radius 3 is 1.46 bits per heavy atom. The van der Waals surface area contributed by atoms with E-state index in [-0.39, 0.29) is 39.0 Å². The van der Waals surface area contributed by atoms with Crippen LogP contribution in [0.15, 0.2) is 0 Å². The van der Waals surface area contributed by atoms with Crippen molar-refractivity contribution in [1.29, 1.82) is 0 Å². The van der Waals surface area contributed by atoms with Crippen LogP contribution >= 0.6 is 0 Å². The Balaban J connectivity index is 3.40. The number of carbonyl (C=O) groups excluding carboxylic acids is 1. The molecule has 0 aromatic heterocycles. The van der Waals surface area contributed by atoms with E-state index in [4.69, 9.17) is 24.4 Å². The molecule has 0 aliphatic carbocycles. The van der Waals surface area contributed by atoms with Gasteiger partial charge >= 0.3 is 5.97 Å². The van der Waals surface area contributed by atoms with Crippen molar-refractivity contribution >= 4 is 5.97 Å². The van der Waals surface area contributed by atoms with E-state index in [1.165, 1.54) is 64.2 Å². The number of esters is 1. The molecule has 0 heterocycles. The lowest BCUT2D eigenvalue weighted by Crippen LogP contribution is -2.29. The number of carbonyl (C=O) groups is 1. The summed E-state index contributed by atoms with van der Waals surface area (Å²) in [6.07, 6.45) is 13.8. The molecule has 0 rings (SSSR count). The second-order valence-corrected chi connectivity index (χ2v) is 10.1. The quantitative estimate of drug-likeness (QED) is 0.103. The first-order valence-electron chi connectivity index (χ1n) is 13.8. The van der Waals surface area contributed by atoms with E-state index in [1.807, 2.05) is 0 Å². The third-order valence-corrected chi connectivity index (χ3v) is 5.80. The van der Waals surface area contributed by atoms with E-state index in [0.29, 0.717) is 6.42 Å². The maximum atomic E-state index is 11.8. The summed E-state index contributed by atoms with van der Waals surface area (Å²) >= 11 is 0. The minimum atomic E-state index is -0.978. The van der Waals surface area contributed by atoms with E-state index in [0.717, 1.165) is 25.2 Å². The summed E-state index contributed by atoms with van der Waals surface area (Å²) in [5, 5.41) is 37.3. The van der Waals surface area contributed by atoms with Crippen LogP contribution in [0.5, 0.6) is 0 Å². The Labute approximate surface area is 213 Å². The van der Waals surface area contributed by atoms with Crippen molar-refractivity contribution in [3.63, 3.8) is 0 Å². The smallest absolute Gasteiger partial charge is 0.305 e. The molecule has 8 heteroatoms. The van der Waals surface area contributed by atoms with Crippen LogP contribution in [-0.4, -0.2) is 84.3 Å². The molecule has 0 spiro atoms. The molecule has 0 aromatic carbocycles. The van der Waals surface area contributed by atoms with Gasteiger partial charge < -0.3 is 34.6 Å². The maximum absolute atomic E-state index is 11.8. The Hall–Kier alpha value is -0.770. The highest BCUT2D eigenvalue weighted by atomic mass is 16.6. The lowest BCUT2D eigenvalue weighted by atomic mass is 10.0. The molecule has 0 radical (unpaired) electrons. The zero-order valence-corrected chi connectivity index (χ0v) is 22.4. The summed E-state index contributed by atoms with van der Waals surface area (Å²) in [7, 11) is 0. The molecule has 0 amide bonds. The van der Waals surface area contributed by atoms with Crippen molar-refractivity contribution in [2.75, 3.05) is 39.6 Å². The molecule has 35 heavy (non-hydrogen) atoms. The minimum Gasteiger partial charge on any atom is -0.463 e. The normalized spacial score (nSPS) is 14.3. The highest BCUT2D eigenvalue weighted by Crippen LogP contribution is 2.14. The van der Waals surface area contributed by atoms with E-state index in [1.54, 1.807) is 0 Å². The van der Waals surface area contributed by atoms with E-state index in [2.05, 4.69) is 13.8 Å². The van der Waals surface area contributed by atoms with Crippen LogP contribution < -0.4 is 0 Å². The Morgan fingerprint density at radius 1 is 0.600 bits per heavy atom. The minimum absolute atomic E-state index is 0.0547. The van der Waals surface area contributed by atoms with Crippen molar-refractivity contribution in [2.45, 2.75) is 122 Å². The first-order valence-corrected chi connectivity index (χ1v) is 13.8. The van der Waals surface area contributed by atoms with Gasteiger partial charge in [-0.3, -0.25) is 4.79 Å². The summed E-state index contributed by atoms with van der Waals surface area (Å²) in [5.41, 5.74) is 0. The van der Waals surface area contributed by atoms with Gasteiger partial charge in [-0.25, -0.2) is 0 Å². The van der Waals surface area contributed by atoms with Crippen molar-refractivity contribution in [1.82, 2.24) is 0 Å². The predicted molar refractivity (Wildman–Crippen MR) is 137 cm³/mol. The number of ether oxygens (including phenoxy) is 3. The molecule has 210 valence electrons. The van der Waals surface area contributed by atoms with Gasteiger partial charge in [0.05, 0.1) is 33.0 Å². The monoisotopic (exact) mass is 506 g/mol. The molecule has 3 atom stereocenters. The van der Waals surface area contributed by atoms with Crippen molar-refractivity contribution in [2.24, 2.45) is 5.92 Å². The number of rotatable bonds is 26. The van der Waals surface area contributed by atoms with Gasteiger partial charge in [-0.2, -0.15) is 0 Å². The summed E-state index contributed by atoms with van der Waals surface area (Å²) in [6.45, 7) is 3.79. The Bertz CT molecular complexity index is 460. The van der Waals surface area contributed by atoms with E-state index >= 15 is 0 Å². The number of aliphatic hydroxyl groups excluding tert-OH is 4. The third kappa shape index (κ3) is 26.1. The SMILES string of the molecule is CC(C)CCCCCCCCCCCCCCC(=O)OCC(O)COCC(O)COCC(O)CO. The predicted octanol–water partition coefficient (Wildman–Crippen LogP) is 3.76. The van der Waals surface area contributed by atoms with Crippen LogP contribution in [0.3, 0.4) is 0 Å². The zero-order chi connectivity index (χ0) is 26.2. The Kier molecular flexibility index (Phi) is 24.4. The highest BCUT2D eigenvalue weighted by molar-refractivity contribution is 5.69. The van der Waals surface area contributed by atoms with E-state index in [9.17, 15) is 15.0 Å². The largest absolute Gasteiger partial charge is 0.463 e. The van der Waals surface area contributed by atoms with Crippen LogP contribution in [0.1, 0.15) is 104 Å². The average Bonchev–Trinajstić information content (AvgIpc) is 2.82. The van der Waals surface area contributed by atoms with Gasteiger partial charge in [-0.1, -0.05) is 90.9 Å². The van der Waals surface area contributed by atoms with Gasteiger partial charge in [0, 0.05) is 6.42 Å². The second-order valence-electron chi connectivity index (χ2n) is 10.1. The van der Waals surface area contributed by atoms with Crippen LogP contribution in [-0.2, 0) is 19.0 Å². The van der Waals surface area contributed by atoms with Crippen molar-refractivity contribution < 1.29 is 39.4 Å². The summed E-state index contributed by atoms with van der Waals surface area (Å²) < 4.78 is 15.3. The maximum Gasteiger partial charge on any atom is 0.305 e. The van der Waals surface area contributed by atoms with Crippen LogP contribution in [0.25, 0.3) is 0 Å². The lowest BCUT2D eigenvalue weighted by molar-refractivity contribution is -0.148. The molecule has 0 fully saturated rings. The number of hydrogen-bond acceptors (Lipinski definition) is 8. The standard InChI is InChI=1S/C27H54O8/c1-23(2)15-13-11-9-7-5-3-4-6-8-10-12-14-16-27(32)35-22-26(31)21-34-20-25(30)19-33-18-24(29)17-28/h23-26,28-31H,3-22H2,1-2H3. The van der Waals surface area contributed by atoms with Crippen LogP contribution in [0, 0.1) is 5.92 Å². The van der Waals surface area contributed by atoms with E-state index < -0.39 is 24.9 Å². The van der Waals surface area contributed by atoms with Gasteiger partial charge in [-0.15, -0.1) is 0 Å². The zero-order valence-electron chi connectivity index (χ0n) is 22.4. The first kappa shape index (κ1) is 34.2. The fourth-order valence-electron chi connectivity index (χ4n) is 3.68.